The highest BCUT2D eigenvalue weighted by Crippen LogP contribution is 2.23. The van der Waals surface area contributed by atoms with E-state index in [0.717, 1.165) is 18.5 Å². The molecule has 1 aliphatic heterocycles. The van der Waals surface area contributed by atoms with Crippen molar-refractivity contribution in [3.05, 3.63) is 35.9 Å². The lowest BCUT2D eigenvalue weighted by Crippen LogP contribution is -2.43. The van der Waals surface area contributed by atoms with E-state index in [1.54, 1.807) is 0 Å². The van der Waals surface area contributed by atoms with Crippen molar-refractivity contribution in [2.75, 3.05) is 19.6 Å². The zero-order valence-electron chi connectivity index (χ0n) is 14.1. The van der Waals surface area contributed by atoms with Gasteiger partial charge in [0.25, 0.3) is 0 Å². The van der Waals surface area contributed by atoms with Crippen molar-refractivity contribution in [3.63, 3.8) is 0 Å². The SMILES string of the molecule is Cl.Cl.c1ccc(CN2CCC(NCC3CCCCC3)CC2)cc1. The maximum Gasteiger partial charge on any atom is 0.0233 e. The molecule has 1 saturated heterocycles. The van der Waals surface area contributed by atoms with Gasteiger partial charge in [-0.3, -0.25) is 4.90 Å². The highest BCUT2D eigenvalue weighted by molar-refractivity contribution is 5.85. The molecule has 0 unspecified atom stereocenters. The third-order valence-electron chi connectivity index (χ3n) is 5.26. The van der Waals surface area contributed by atoms with Gasteiger partial charge in [0, 0.05) is 12.6 Å². The number of hydrogen-bond donors (Lipinski definition) is 1. The van der Waals surface area contributed by atoms with Gasteiger partial charge in [-0.25, -0.2) is 0 Å². The fourth-order valence-corrected chi connectivity index (χ4v) is 3.86. The summed E-state index contributed by atoms with van der Waals surface area (Å²) in [6.07, 6.45) is 9.94. The van der Waals surface area contributed by atoms with Crippen LogP contribution in [0.5, 0.6) is 0 Å². The lowest BCUT2D eigenvalue weighted by atomic mass is 9.89. The zero-order chi connectivity index (χ0) is 14.3. The van der Waals surface area contributed by atoms with E-state index in [9.17, 15) is 0 Å². The second-order valence-electron chi connectivity index (χ2n) is 6.95. The van der Waals surface area contributed by atoms with Crippen molar-refractivity contribution in [2.24, 2.45) is 5.92 Å². The number of hydrogen-bond acceptors (Lipinski definition) is 2. The summed E-state index contributed by atoms with van der Waals surface area (Å²) in [5, 5.41) is 3.85. The molecule has 0 atom stereocenters. The second-order valence-corrected chi connectivity index (χ2v) is 6.95. The van der Waals surface area contributed by atoms with E-state index < -0.39 is 0 Å². The largest absolute Gasteiger partial charge is 0.314 e. The first kappa shape index (κ1) is 20.8. The maximum absolute atomic E-state index is 3.85. The molecule has 1 aromatic carbocycles. The summed E-state index contributed by atoms with van der Waals surface area (Å²) in [6, 6.07) is 11.6. The second kappa shape index (κ2) is 11.3. The van der Waals surface area contributed by atoms with Gasteiger partial charge >= 0.3 is 0 Å². The molecule has 23 heavy (non-hydrogen) atoms. The monoisotopic (exact) mass is 358 g/mol. The molecular weight excluding hydrogens is 327 g/mol. The quantitative estimate of drug-likeness (QED) is 0.822. The Labute approximate surface area is 154 Å². The molecule has 4 heteroatoms. The number of likely N-dealkylation sites (tertiary alicyclic amines) is 1. The van der Waals surface area contributed by atoms with E-state index >= 15 is 0 Å². The zero-order valence-corrected chi connectivity index (χ0v) is 15.7. The maximum atomic E-state index is 3.85. The van der Waals surface area contributed by atoms with Crippen molar-refractivity contribution in [1.29, 1.82) is 0 Å². The lowest BCUT2D eigenvalue weighted by molar-refractivity contribution is 0.185. The Bertz CT molecular complexity index is 399. The fraction of sp³-hybridized carbons (Fsp3) is 0.684. The van der Waals surface area contributed by atoms with Crippen molar-refractivity contribution in [2.45, 2.75) is 57.5 Å². The number of benzene rings is 1. The van der Waals surface area contributed by atoms with Crippen molar-refractivity contribution in [1.82, 2.24) is 10.2 Å². The first-order valence-electron chi connectivity index (χ1n) is 8.90. The minimum Gasteiger partial charge on any atom is -0.314 e. The van der Waals surface area contributed by atoms with E-state index in [2.05, 4.69) is 40.5 Å². The standard InChI is InChI=1S/C19H30N2.2ClH/c1-3-7-17(8-4-1)15-20-19-11-13-21(14-12-19)16-18-9-5-2-6-10-18;;/h2,5-6,9-10,17,19-20H,1,3-4,7-8,11-16H2;2*1H. The summed E-state index contributed by atoms with van der Waals surface area (Å²) in [7, 11) is 0. The van der Waals surface area contributed by atoms with Gasteiger partial charge in [-0.2, -0.15) is 0 Å². The Morgan fingerprint density at radius 1 is 0.870 bits per heavy atom. The van der Waals surface area contributed by atoms with Gasteiger partial charge < -0.3 is 5.32 Å². The van der Waals surface area contributed by atoms with Crippen LogP contribution < -0.4 is 5.32 Å². The topological polar surface area (TPSA) is 15.3 Å². The average molecular weight is 359 g/mol. The van der Waals surface area contributed by atoms with Crippen LogP contribution in [0.3, 0.4) is 0 Å². The van der Waals surface area contributed by atoms with Crippen LogP contribution in [0.4, 0.5) is 0 Å². The Hall–Kier alpha value is -0.280. The molecule has 0 amide bonds. The Balaban J connectivity index is 0.00000132. The number of nitrogens with one attached hydrogen (secondary N) is 1. The summed E-state index contributed by atoms with van der Waals surface area (Å²) in [5.74, 6) is 0.959. The molecule has 1 saturated carbocycles. The van der Waals surface area contributed by atoms with Crippen LogP contribution in [-0.4, -0.2) is 30.6 Å². The van der Waals surface area contributed by atoms with Gasteiger partial charge in [-0.15, -0.1) is 24.8 Å². The number of rotatable bonds is 5. The summed E-state index contributed by atoms with van der Waals surface area (Å²) >= 11 is 0. The van der Waals surface area contributed by atoms with Crippen LogP contribution in [0, 0.1) is 5.92 Å². The van der Waals surface area contributed by atoms with Gasteiger partial charge in [0.05, 0.1) is 0 Å². The summed E-state index contributed by atoms with van der Waals surface area (Å²) in [4.78, 5) is 2.61. The third-order valence-corrected chi connectivity index (χ3v) is 5.26. The molecule has 132 valence electrons. The smallest absolute Gasteiger partial charge is 0.0233 e. The first-order chi connectivity index (χ1) is 10.4. The van der Waals surface area contributed by atoms with Crippen LogP contribution in [0.15, 0.2) is 30.3 Å². The molecule has 3 rings (SSSR count). The number of nitrogens with zero attached hydrogens (tertiary/aromatic N) is 1. The molecule has 2 aliphatic rings. The number of piperidine rings is 1. The van der Waals surface area contributed by atoms with E-state index in [0.29, 0.717) is 0 Å². The van der Waals surface area contributed by atoms with Gasteiger partial charge in [-0.1, -0.05) is 49.6 Å². The highest BCUT2D eigenvalue weighted by Gasteiger charge is 2.20. The van der Waals surface area contributed by atoms with Crippen molar-refractivity contribution in [3.8, 4) is 0 Å². The Kier molecular flexibility index (Phi) is 10.2. The van der Waals surface area contributed by atoms with Crippen LogP contribution in [0.1, 0.15) is 50.5 Å². The molecule has 0 radical (unpaired) electrons. The molecule has 2 nitrogen and oxygen atoms in total. The molecule has 1 aliphatic carbocycles. The first-order valence-corrected chi connectivity index (χ1v) is 8.90. The average Bonchev–Trinajstić information content (AvgIpc) is 2.56. The van der Waals surface area contributed by atoms with Crippen molar-refractivity contribution >= 4 is 24.8 Å². The van der Waals surface area contributed by atoms with E-state index in [1.807, 2.05) is 0 Å². The molecule has 2 fully saturated rings. The normalized spacial score (nSPS) is 20.5. The molecule has 1 aromatic rings. The summed E-state index contributed by atoms with van der Waals surface area (Å²) in [5.41, 5.74) is 1.45. The van der Waals surface area contributed by atoms with Crippen molar-refractivity contribution < 1.29 is 0 Å². The molecular formula is C19H32Cl2N2. The van der Waals surface area contributed by atoms with Gasteiger partial charge in [0.1, 0.15) is 0 Å². The van der Waals surface area contributed by atoms with Gasteiger partial charge in [0.2, 0.25) is 0 Å². The number of halogens is 2. The predicted octanol–water partition coefficient (Wildman–Crippen LogP) is 4.66. The minimum atomic E-state index is 0. The van der Waals surface area contributed by atoms with E-state index in [1.165, 1.54) is 70.1 Å². The highest BCUT2D eigenvalue weighted by atomic mass is 35.5. The van der Waals surface area contributed by atoms with E-state index in [-0.39, 0.29) is 24.8 Å². The van der Waals surface area contributed by atoms with Gasteiger partial charge in [0.15, 0.2) is 0 Å². The predicted molar refractivity (Wildman–Crippen MR) is 104 cm³/mol. The summed E-state index contributed by atoms with van der Waals surface area (Å²) in [6.45, 7) is 4.88. The van der Waals surface area contributed by atoms with Gasteiger partial charge in [-0.05, 0) is 56.8 Å². The molecule has 0 bridgehead atoms. The van der Waals surface area contributed by atoms with Crippen LogP contribution in [-0.2, 0) is 6.54 Å². The molecule has 1 N–H and O–H groups in total. The molecule has 1 heterocycles. The minimum absolute atomic E-state index is 0. The van der Waals surface area contributed by atoms with Crippen LogP contribution in [0.25, 0.3) is 0 Å². The van der Waals surface area contributed by atoms with E-state index in [4.69, 9.17) is 0 Å². The van der Waals surface area contributed by atoms with Crippen LogP contribution >= 0.6 is 24.8 Å². The molecule has 0 aromatic heterocycles. The summed E-state index contributed by atoms with van der Waals surface area (Å²) < 4.78 is 0. The Morgan fingerprint density at radius 2 is 1.52 bits per heavy atom. The fourth-order valence-electron chi connectivity index (χ4n) is 3.86. The Morgan fingerprint density at radius 3 is 2.17 bits per heavy atom. The molecule has 0 spiro atoms. The van der Waals surface area contributed by atoms with Crippen LogP contribution in [0.2, 0.25) is 0 Å². The lowest BCUT2D eigenvalue weighted by Gasteiger charge is -2.33. The third kappa shape index (κ3) is 7.01.